The molecule has 92 valence electrons. The van der Waals surface area contributed by atoms with Crippen LogP contribution in [0.5, 0.6) is 0 Å². The third kappa shape index (κ3) is 10.6. The van der Waals surface area contributed by atoms with Gasteiger partial charge < -0.3 is 10.1 Å². The SMILES string of the molecule is CCCNC(COC(C)C)CSCCC. The molecule has 0 spiro atoms. The predicted molar refractivity (Wildman–Crippen MR) is 70.8 cm³/mol. The van der Waals surface area contributed by atoms with Crippen molar-refractivity contribution in [2.24, 2.45) is 0 Å². The van der Waals surface area contributed by atoms with E-state index in [0.29, 0.717) is 12.1 Å². The number of thioether (sulfide) groups is 1. The van der Waals surface area contributed by atoms with E-state index in [9.17, 15) is 0 Å². The van der Waals surface area contributed by atoms with Crippen molar-refractivity contribution in [1.82, 2.24) is 5.32 Å². The van der Waals surface area contributed by atoms with Crippen molar-refractivity contribution in [2.45, 2.75) is 52.7 Å². The van der Waals surface area contributed by atoms with Crippen LogP contribution in [0, 0.1) is 0 Å². The Morgan fingerprint density at radius 2 is 1.93 bits per heavy atom. The molecule has 0 radical (unpaired) electrons. The van der Waals surface area contributed by atoms with E-state index >= 15 is 0 Å². The topological polar surface area (TPSA) is 21.3 Å². The molecule has 0 aliphatic rings. The molecule has 0 aliphatic heterocycles. The molecule has 0 aromatic heterocycles. The molecule has 0 saturated heterocycles. The van der Waals surface area contributed by atoms with Gasteiger partial charge in [0.2, 0.25) is 0 Å². The van der Waals surface area contributed by atoms with E-state index in [-0.39, 0.29) is 0 Å². The Morgan fingerprint density at radius 3 is 2.47 bits per heavy atom. The second-order valence-corrected chi connectivity index (χ2v) is 5.26. The normalized spacial score (nSPS) is 13.4. The molecule has 15 heavy (non-hydrogen) atoms. The third-order valence-electron chi connectivity index (χ3n) is 1.98. The van der Waals surface area contributed by atoms with Gasteiger partial charge in [0.1, 0.15) is 0 Å². The van der Waals surface area contributed by atoms with Gasteiger partial charge in [-0.1, -0.05) is 13.8 Å². The molecule has 0 amide bonds. The number of hydrogen-bond donors (Lipinski definition) is 1. The Kier molecular flexibility index (Phi) is 11.0. The fourth-order valence-corrected chi connectivity index (χ4v) is 2.15. The fourth-order valence-electron chi connectivity index (χ4n) is 1.19. The van der Waals surface area contributed by atoms with Crippen LogP contribution in [0.3, 0.4) is 0 Å². The van der Waals surface area contributed by atoms with Crippen molar-refractivity contribution in [3.05, 3.63) is 0 Å². The average Bonchev–Trinajstić information content (AvgIpc) is 2.21. The van der Waals surface area contributed by atoms with Crippen molar-refractivity contribution in [3.63, 3.8) is 0 Å². The molecule has 1 N–H and O–H groups in total. The van der Waals surface area contributed by atoms with Crippen LogP contribution in [0.1, 0.15) is 40.5 Å². The molecule has 0 aliphatic carbocycles. The van der Waals surface area contributed by atoms with Crippen LogP contribution >= 0.6 is 11.8 Å². The summed E-state index contributed by atoms with van der Waals surface area (Å²) in [7, 11) is 0. The first-order chi connectivity index (χ1) is 7.20. The third-order valence-corrected chi connectivity index (χ3v) is 3.32. The van der Waals surface area contributed by atoms with Crippen LogP contribution in [0.4, 0.5) is 0 Å². The van der Waals surface area contributed by atoms with Gasteiger partial charge in [0.25, 0.3) is 0 Å². The minimum Gasteiger partial charge on any atom is -0.377 e. The molecule has 0 heterocycles. The van der Waals surface area contributed by atoms with Gasteiger partial charge in [-0.25, -0.2) is 0 Å². The Bertz CT molecular complexity index is 131. The van der Waals surface area contributed by atoms with Crippen LogP contribution in [-0.2, 0) is 4.74 Å². The van der Waals surface area contributed by atoms with Crippen molar-refractivity contribution < 1.29 is 4.74 Å². The van der Waals surface area contributed by atoms with Gasteiger partial charge in [0.05, 0.1) is 12.7 Å². The number of nitrogens with one attached hydrogen (secondary N) is 1. The van der Waals surface area contributed by atoms with E-state index in [4.69, 9.17) is 4.74 Å². The number of hydrogen-bond acceptors (Lipinski definition) is 3. The van der Waals surface area contributed by atoms with Crippen LogP contribution in [0.25, 0.3) is 0 Å². The van der Waals surface area contributed by atoms with Gasteiger partial charge in [0, 0.05) is 11.8 Å². The zero-order valence-corrected chi connectivity index (χ0v) is 11.5. The first kappa shape index (κ1) is 15.3. The monoisotopic (exact) mass is 233 g/mol. The van der Waals surface area contributed by atoms with Crippen molar-refractivity contribution in [3.8, 4) is 0 Å². The Balaban J connectivity index is 3.63. The highest BCUT2D eigenvalue weighted by Crippen LogP contribution is 2.06. The molecule has 0 aromatic rings. The van der Waals surface area contributed by atoms with E-state index < -0.39 is 0 Å². The predicted octanol–water partition coefficient (Wildman–Crippen LogP) is 2.92. The van der Waals surface area contributed by atoms with Crippen LogP contribution in [0.2, 0.25) is 0 Å². The molecule has 0 fully saturated rings. The molecule has 0 aromatic carbocycles. The summed E-state index contributed by atoms with van der Waals surface area (Å²) in [6.45, 7) is 10.6. The van der Waals surface area contributed by atoms with Crippen LogP contribution < -0.4 is 5.32 Å². The summed E-state index contributed by atoms with van der Waals surface area (Å²) in [4.78, 5) is 0. The summed E-state index contributed by atoms with van der Waals surface area (Å²) in [5, 5.41) is 3.54. The highest BCUT2D eigenvalue weighted by molar-refractivity contribution is 7.99. The summed E-state index contributed by atoms with van der Waals surface area (Å²) < 4.78 is 5.66. The van der Waals surface area contributed by atoms with Gasteiger partial charge in [-0.05, 0) is 39.0 Å². The molecule has 3 heteroatoms. The van der Waals surface area contributed by atoms with E-state index in [0.717, 1.165) is 13.2 Å². The van der Waals surface area contributed by atoms with Crippen molar-refractivity contribution in [2.75, 3.05) is 24.7 Å². The van der Waals surface area contributed by atoms with E-state index in [1.807, 2.05) is 11.8 Å². The lowest BCUT2D eigenvalue weighted by atomic mass is 10.3. The zero-order valence-electron chi connectivity index (χ0n) is 10.7. The largest absolute Gasteiger partial charge is 0.377 e. The first-order valence-corrected chi connectivity index (χ1v) is 7.28. The van der Waals surface area contributed by atoms with E-state index in [1.54, 1.807) is 0 Å². The number of rotatable bonds is 10. The summed E-state index contributed by atoms with van der Waals surface area (Å²) in [5.74, 6) is 2.42. The molecular formula is C12H27NOS. The lowest BCUT2D eigenvalue weighted by Crippen LogP contribution is -2.37. The van der Waals surface area contributed by atoms with Gasteiger partial charge in [0.15, 0.2) is 0 Å². The average molecular weight is 233 g/mol. The van der Waals surface area contributed by atoms with Crippen LogP contribution in [-0.4, -0.2) is 36.8 Å². The minimum atomic E-state index is 0.340. The van der Waals surface area contributed by atoms with Gasteiger partial charge in [-0.15, -0.1) is 0 Å². The highest BCUT2D eigenvalue weighted by Gasteiger charge is 2.08. The summed E-state index contributed by atoms with van der Waals surface area (Å²) in [5.41, 5.74) is 0. The molecule has 0 bridgehead atoms. The van der Waals surface area contributed by atoms with Gasteiger partial charge in [-0.2, -0.15) is 11.8 Å². The summed E-state index contributed by atoms with van der Waals surface area (Å²) in [6.07, 6.45) is 2.79. The van der Waals surface area contributed by atoms with Crippen molar-refractivity contribution >= 4 is 11.8 Å². The Labute approximate surface area is 99.5 Å². The zero-order chi connectivity index (χ0) is 11.5. The molecule has 0 rings (SSSR count). The Hall–Kier alpha value is 0.270. The maximum Gasteiger partial charge on any atom is 0.0631 e. The maximum absolute atomic E-state index is 5.66. The number of ether oxygens (including phenoxy) is 1. The van der Waals surface area contributed by atoms with E-state index in [1.165, 1.54) is 24.3 Å². The minimum absolute atomic E-state index is 0.340. The van der Waals surface area contributed by atoms with E-state index in [2.05, 4.69) is 33.0 Å². The lowest BCUT2D eigenvalue weighted by molar-refractivity contribution is 0.0655. The summed E-state index contributed by atoms with van der Waals surface area (Å²) >= 11 is 2.02. The first-order valence-electron chi connectivity index (χ1n) is 6.13. The quantitative estimate of drug-likeness (QED) is 0.586. The molecule has 1 unspecified atom stereocenters. The van der Waals surface area contributed by atoms with Gasteiger partial charge >= 0.3 is 0 Å². The smallest absolute Gasteiger partial charge is 0.0631 e. The molecule has 2 nitrogen and oxygen atoms in total. The lowest BCUT2D eigenvalue weighted by Gasteiger charge is -2.19. The van der Waals surface area contributed by atoms with Gasteiger partial charge in [-0.3, -0.25) is 0 Å². The standard InChI is InChI=1S/C12H27NOS/c1-5-7-13-12(9-14-11(3)4)10-15-8-6-2/h11-13H,5-10H2,1-4H3. The maximum atomic E-state index is 5.66. The summed E-state index contributed by atoms with van der Waals surface area (Å²) in [6, 6.07) is 0.518. The Morgan fingerprint density at radius 1 is 1.20 bits per heavy atom. The second-order valence-electron chi connectivity index (χ2n) is 4.11. The highest BCUT2D eigenvalue weighted by atomic mass is 32.2. The van der Waals surface area contributed by atoms with Crippen molar-refractivity contribution in [1.29, 1.82) is 0 Å². The second kappa shape index (κ2) is 10.8. The molecule has 0 saturated carbocycles. The fraction of sp³-hybridized carbons (Fsp3) is 1.00. The molecule has 1 atom stereocenters. The van der Waals surface area contributed by atoms with Crippen LogP contribution in [0.15, 0.2) is 0 Å². The molecular weight excluding hydrogens is 206 g/mol.